The van der Waals surface area contributed by atoms with Gasteiger partial charge in [0.05, 0.1) is 31.0 Å². The van der Waals surface area contributed by atoms with Crippen molar-refractivity contribution in [3.63, 3.8) is 0 Å². The number of amides is 1. The van der Waals surface area contributed by atoms with Crippen molar-refractivity contribution in [2.24, 2.45) is 0 Å². The number of hydrogen-bond donors (Lipinski definition) is 2. The molecule has 3 heterocycles. The topological polar surface area (TPSA) is 95.5 Å². The largest absolute Gasteiger partial charge is 0.507 e. The molecule has 0 aliphatic carbocycles. The van der Waals surface area contributed by atoms with E-state index in [1.165, 1.54) is 4.90 Å². The van der Waals surface area contributed by atoms with Crippen LogP contribution in [0.2, 0.25) is 0 Å². The average Bonchev–Trinajstić information content (AvgIpc) is 3.39. The van der Waals surface area contributed by atoms with Crippen LogP contribution in [0.25, 0.3) is 16.7 Å². The maximum absolute atomic E-state index is 13.2. The van der Waals surface area contributed by atoms with E-state index in [2.05, 4.69) is 9.97 Å². The van der Waals surface area contributed by atoms with Crippen LogP contribution in [0, 0.1) is 0 Å². The summed E-state index contributed by atoms with van der Waals surface area (Å²) in [7, 11) is 1.55. The van der Waals surface area contributed by atoms with Gasteiger partial charge in [0.2, 0.25) is 0 Å². The lowest BCUT2D eigenvalue weighted by Crippen LogP contribution is -2.29. The van der Waals surface area contributed by atoms with E-state index < -0.39 is 17.7 Å². The summed E-state index contributed by atoms with van der Waals surface area (Å²) in [5.41, 5.74) is 2.62. The summed E-state index contributed by atoms with van der Waals surface area (Å²) in [4.78, 5) is 35.3. The summed E-state index contributed by atoms with van der Waals surface area (Å²) >= 11 is 0. The van der Waals surface area contributed by atoms with Crippen LogP contribution in [-0.2, 0) is 16.1 Å². The fraction of sp³-hybridized carbons (Fsp3) is 0.115. The first-order chi connectivity index (χ1) is 16.1. The maximum Gasteiger partial charge on any atom is 0.296 e. The third kappa shape index (κ3) is 3.53. The summed E-state index contributed by atoms with van der Waals surface area (Å²) in [5, 5.41) is 12.1. The highest BCUT2D eigenvalue weighted by molar-refractivity contribution is 6.46. The summed E-state index contributed by atoms with van der Waals surface area (Å²) < 4.78 is 5.36. The molecule has 1 atom stereocenters. The molecule has 1 amide bonds. The Labute approximate surface area is 190 Å². The Hall–Kier alpha value is -4.39. The smallest absolute Gasteiger partial charge is 0.296 e. The van der Waals surface area contributed by atoms with Crippen LogP contribution in [0.3, 0.4) is 0 Å². The number of carbonyl (C=O) groups excluding carboxylic acids is 2. The molecule has 1 fully saturated rings. The first kappa shape index (κ1) is 20.5. The van der Waals surface area contributed by atoms with Crippen LogP contribution in [-0.4, -0.2) is 38.8 Å². The van der Waals surface area contributed by atoms with Crippen molar-refractivity contribution in [1.82, 2.24) is 14.9 Å². The van der Waals surface area contributed by atoms with Gasteiger partial charge in [-0.2, -0.15) is 0 Å². The fourth-order valence-corrected chi connectivity index (χ4v) is 4.28. The van der Waals surface area contributed by atoms with Gasteiger partial charge in [-0.25, -0.2) is 0 Å². The SMILES string of the molecule is COc1cccc(C2/C(=C(/O)c3c[nH]c4ccccc34)C(=O)C(=O)N2Cc2ccccn2)c1. The van der Waals surface area contributed by atoms with Gasteiger partial charge in [-0.05, 0) is 35.9 Å². The van der Waals surface area contributed by atoms with E-state index in [9.17, 15) is 14.7 Å². The number of carbonyl (C=O) groups is 2. The number of methoxy groups -OCH3 is 1. The molecule has 2 aromatic heterocycles. The first-order valence-electron chi connectivity index (χ1n) is 10.5. The van der Waals surface area contributed by atoms with E-state index in [-0.39, 0.29) is 17.9 Å². The van der Waals surface area contributed by atoms with Crippen LogP contribution >= 0.6 is 0 Å². The van der Waals surface area contributed by atoms with Crippen LogP contribution in [0.5, 0.6) is 5.75 Å². The lowest BCUT2D eigenvalue weighted by atomic mass is 9.95. The van der Waals surface area contributed by atoms with Crippen molar-refractivity contribution in [2.45, 2.75) is 12.6 Å². The number of aliphatic hydroxyl groups is 1. The highest BCUT2D eigenvalue weighted by Gasteiger charge is 2.46. The standard InChI is InChI=1S/C26H21N3O4/c1-33-18-9-6-7-16(13-18)23-22(24(30)20-14-28-21-11-3-2-10-19(20)21)25(31)26(32)29(23)15-17-8-4-5-12-27-17/h2-14,23,28,30H,15H2,1H3/b24-22-. The van der Waals surface area contributed by atoms with E-state index in [1.54, 1.807) is 49.8 Å². The van der Waals surface area contributed by atoms with Crippen LogP contribution in [0.15, 0.2) is 84.7 Å². The molecule has 0 saturated carbocycles. The predicted molar refractivity (Wildman–Crippen MR) is 123 cm³/mol. The summed E-state index contributed by atoms with van der Waals surface area (Å²) in [6.45, 7) is 0.123. The zero-order valence-corrected chi connectivity index (χ0v) is 17.9. The molecule has 0 spiro atoms. The first-order valence-corrected chi connectivity index (χ1v) is 10.5. The molecule has 1 unspecified atom stereocenters. The summed E-state index contributed by atoms with van der Waals surface area (Å²) in [6, 6.07) is 19.2. The highest BCUT2D eigenvalue weighted by Crippen LogP contribution is 2.41. The number of ketones is 1. The van der Waals surface area contributed by atoms with Crippen LogP contribution in [0.1, 0.15) is 22.9 Å². The number of H-pyrrole nitrogens is 1. The number of benzene rings is 2. The Morgan fingerprint density at radius 3 is 2.70 bits per heavy atom. The number of para-hydroxylation sites is 1. The molecular formula is C26H21N3O4. The number of aromatic nitrogens is 2. The number of aliphatic hydroxyl groups excluding tert-OH is 1. The second-order valence-corrected chi connectivity index (χ2v) is 7.77. The maximum atomic E-state index is 13.2. The average molecular weight is 439 g/mol. The van der Waals surface area contributed by atoms with Gasteiger partial charge in [-0.15, -0.1) is 0 Å². The Morgan fingerprint density at radius 1 is 1.09 bits per heavy atom. The minimum Gasteiger partial charge on any atom is -0.507 e. The van der Waals surface area contributed by atoms with E-state index in [0.29, 0.717) is 22.6 Å². The zero-order valence-electron chi connectivity index (χ0n) is 17.9. The Kier molecular flexibility index (Phi) is 5.14. The van der Waals surface area contributed by atoms with Crippen molar-refractivity contribution in [2.75, 3.05) is 7.11 Å². The molecule has 4 aromatic rings. The van der Waals surface area contributed by atoms with Gasteiger partial charge < -0.3 is 19.7 Å². The molecule has 5 rings (SSSR count). The van der Waals surface area contributed by atoms with Gasteiger partial charge in [-0.3, -0.25) is 14.6 Å². The molecule has 7 nitrogen and oxygen atoms in total. The van der Waals surface area contributed by atoms with Gasteiger partial charge in [0, 0.05) is 28.9 Å². The third-order valence-electron chi connectivity index (χ3n) is 5.85. The molecule has 1 saturated heterocycles. The van der Waals surface area contributed by atoms with Crippen molar-refractivity contribution < 1.29 is 19.4 Å². The Balaban J connectivity index is 1.70. The van der Waals surface area contributed by atoms with Gasteiger partial charge in [-0.1, -0.05) is 36.4 Å². The summed E-state index contributed by atoms with van der Waals surface area (Å²) in [6.07, 6.45) is 3.28. The molecule has 7 heteroatoms. The van der Waals surface area contributed by atoms with Crippen molar-refractivity contribution in [3.05, 3.63) is 102 Å². The second kappa shape index (κ2) is 8.27. The van der Waals surface area contributed by atoms with Gasteiger partial charge >= 0.3 is 0 Å². The number of nitrogens with one attached hydrogen (secondary N) is 1. The Bertz CT molecular complexity index is 1390. The van der Waals surface area contributed by atoms with Crippen LogP contribution < -0.4 is 4.74 Å². The number of ether oxygens (including phenoxy) is 1. The third-order valence-corrected chi connectivity index (χ3v) is 5.85. The van der Waals surface area contributed by atoms with Crippen molar-refractivity contribution in [3.8, 4) is 5.75 Å². The molecule has 33 heavy (non-hydrogen) atoms. The summed E-state index contributed by atoms with van der Waals surface area (Å²) in [5.74, 6) is -1.05. The fourth-order valence-electron chi connectivity index (χ4n) is 4.28. The number of likely N-dealkylation sites (tertiary alicyclic amines) is 1. The van der Waals surface area contributed by atoms with Crippen LogP contribution in [0.4, 0.5) is 0 Å². The number of Topliss-reactive ketones (excluding diaryl/α,β-unsaturated/α-hetero) is 1. The number of aromatic amines is 1. The number of pyridine rings is 1. The lowest BCUT2D eigenvalue weighted by molar-refractivity contribution is -0.140. The lowest BCUT2D eigenvalue weighted by Gasteiger charge is -2.25. The molecule has 1 aliphatic rings. The van der Waals surface area contributed by atoms with Crippen molar-refractivity contribution in [1.29, 1.82) is 0 Å². The predicted octanol–water partition coefficient (Wildman–Crippen LogP) is 4.19. The van der Waals surface area contributed by atoms with E-state index in [4.69, 9.17) is 4.74 Å². The molecule has 0 bridgehead atoms. The zero-order chi connectivity index (χ0) is 22.9. The molecule has 2 aromatic carbocycles. The van der Waals surface area contributed by atoms with E-state index in [1.807, 2.05) is 36.4 Å². The Morgan fingerprint density at radius 2 is 1.91 bits per heavy atom. The van der Waals surface area contributed by atoms with Gasteiger partial charge in [0.15, 0.2) is 0 Å². The number of nitrogens with zero attached hydrogens (tertiary/aromatic N) is 2. The normalized spacial score (nSPS) is 17.6. The van der Waals surface area contributed by atoms with E-state index >= 15 is 0 Å². The second-order valence-electron chi connectivity index (χ2n) is 7.77. The molecule has 2 N–H and O–H groups in total. The van der Waals surface area contributed by atoms with Gasteiger partial charge in [0.25, 0.3) is 11.7 Å². The minimum atomic E-state index is -0.796. The quantitative estimate of drug-likeness (QED) is 0.276. The number of fused-ring (bicyclic) bond motifs is 1. The highest BCUT2D eigenvalue weighted by atomic mass is 16.5. The van der Waals surface area contributed by atoms with Crippen molar-refractivity contribution >= 4 is 28.4 Å². The molecule has 164 valence electrons. The number of rotatable bonds is 5. The molecule has 0 radical (unpaired) electrons. The minimum absolute atomic E-state index is 0.0361. The van der Waals surface area contributed by atoms with Gasteiger partial charge in [0.1, 0.15) is 11.5 Å². The monoisotopic (exact) mass is 439 g/mol. The molecular weight excluding hydrogens is 418 g/mol. The molecule has 1 aliphatic heterocycles. The van der Waals surface area contributed by atoms with E-state index in [0.717, 1.165) is 10.9 Å². The number of hydrogen-bond acceptors (Lipinski definition) is 5.